The summed E-state index contributed by atoms with van der Waals surface area (Å²) in [6.45, 7) is 3.89. The van der Waals surface area contributed by atoms with Gasteiger partial charge in [0.25, 0.3) is 0 Å². The van der Waals surface area contributed by atoms with E-state index < -0.39 is 9.05 Å². The van der Waals surface area contributed by atoms with Crippen molar-refractivity contribution in [3.8, 4) is 11.5 Å². The minimum absolute atomic E-state index is 0.0232. The standard InChI is InChI=1S/C17H22O5Si/c1-14-9-5-7-11-16(14)20-13-21-23(18-3,19-4)22-17-12-8-6-10-15(17)2/h5-12H,13H2,1-4H3. The van der Waals surface area contributed by atoms with Gasteiger partial charge in [-0.2, -0.15) is 0 Å². The number of hydrogen-bond donors (Lipinski definition) is 0. The van der Waals surface area contributed by atoms with Gasteiger partial charge in [0.15, 0.2) is 6.79 Å². The minimum atomic E-state index is -3.31. The summed E-state index contributed by atoms with van der Waals surface area (Å²) in [4.78, 5) is 0. The van der Waals surface area contributed by atoms with Crippen molar-refractivity contribution in [1.82, 2.24) is 0 Å². The highest BCUT2D eigenvalue weighted by Crippen LogP contribution is 2.23. The van der Waals surface area contributed by atoms with Crippen LogP contribution in [0.1, 0.15) is 11.1 Å². The maximum atomic E-state index is 5.89. The summed E-state index contributed by atoms with van der Waals surface area (Å²) in [5.74, 6) is 1.41. The van der Waals surface area contributed by atoms with Gasteiger partial charge in [-0.3, -0.25) is 0 Å². The molecule has 0 aliphatic heterocycles. The highest BCUT2D eigenvalue weighted by Gasteiger charge is 2.47. The van der Waals surface area contributed by atoms with Gasteiger partial charge < -0.3 is 22.4 Å². The molecule has 23 heavy (non-hydrogen) atoms. The Morgan fingerprint density at radius 3 is 1.83 bits per heavy atom. The van der Waals surface area contributed by atoms with Crippen molar-refractivity contribution >= 4 is 9.05 Å². The Morgan fingerprint density at radius 1 is 0.783 bits per heavy atom. The SMILES string of the molecule is CO[Si](OC)(OCOc1ccccc1C)Oc1ccccc1C. The van der Waals surface area contributed by atoms with E-state index in [9.17, 15) is 0 Å². The molecule has 0 atom stereocenters. The fourth-order valence-corrected chi connectivity index (χ4v) is 3.33. The van der Waals surface area contributed by atoms with Gasteiger partial charge in [-0.25, -0.2) is 0 Å². The third-order valence-electron chi connectivity index (χ3n) is 3.37. The fraction of sp³-hybridized carbons (Fsp3) is 0.294. The van der Waals surface area contributed by atoms with Crippen molar-refractivity contribution in [1.29, 1.82) is 0 Å². The summed E-state index contributed by atoms with van der Waals surface area (Å²) in [7, 11) is -0.308. The molecule has 0 amide bonds. The number of aryl methyl sites for hydroxylation is 2. The molecule has 0 aromatic heterocycles. The number of benzene rings is 2. The maximum Gasteiger partial charge on any atom is 0.751 e. The maximum absolute atomic E-state index is 5.89. The third kappa shape index (κ3) is 4.55. The molecule has 6 heteroatoms. The summed E-state index contributed by atoms with van der Waals surface area (Å²) in [6.07, 6.45) is 0. The lowest BCUT2D eigenvalue weighted by Crippen LogP contribution is -2.51. The molecule has 0 saturated carbocycles. The normalized spacial score (nSPS) is 11.3. The van der Waals surface area contributed by atoms with Crippen molar-refractivity contribution in [2.24, 2.45) is 0 Å². The summed E-state index contributed by atoms with van der Waals surface area (Å²) in [5, 5.41) is 0. The van der Waals surface area contributed by atoms with E-state index in [1.54, 1.807) is 0 Å². The van der Waals surface area contributed by atoms with Crippen LogP contribution in [-0.2, 0) is 13.3 Å². The van der Waals surface area contributed by atoms with Gasteiger partial charge >= 0.3 is 9.05 Å². The minimum Gasteiger partial charge on any atom is -0.480 e. The van der Waals surface area contributed by atoms with E-state index in [2.05, 4.69) is 0 Å². The van der Waals surface area contributed by atoms with Crippen LogP contribution >= 0.6 is 0 Å². The van der Waals surface area contributed by atoms with Crippen LogP contribution < -0.4 is 9.16 Å². The zero-order valence-corrected chi connectivity index (χ0v) is 14.9. The van der Waals surface area contributed by atoms with Gasteiger partial charge in [-0.05, 0) is 37.1 Å². The first kappa shape index (κ1) is 17.5. The average Bonchev–Trinajstić information content (AvgIpc) is 2.57. The molecule has 5 nitrogen and oxygen atoms in total. The molecule has 0 radical (unpaired) electrons. The van der Waals surface area contributed by atoms with Gasteiger partial charge in [0, 0.05) is 14.2 Å². The highest BCUT2D eigenvalue weighted by atomic mass is 28.4. The van der Waals surface area contributed by atoms with Crippen molar-refractivity contribution in [3.05, 3.63) is 59.7 Å². The molecule has 0 heterocycles. The highest BCUT2D eigenvalue weighted by molar-refractivity contribution is 6.54. The lowest BCUT2D eigenvalue weighted by atomic mass is 10.2. The van der Waals surface area contributed by atoms with Crippen molar-refractivity contribution in [2.75, 3.05) is 21.0 Å². The summed E-state index contributed by atoms with van der Waals surface area (Å²) < 4.78 is 28.0. The van der Waals surface area contributed by atoms with E-state index in [-0.39, 0.29) is 6.79 Å². The van der Waals surface area contributed by atoms with Crippen LogP contribution in [0.25, 0.3) is 0 Å². The summed E-state index contributed by atoms with van der Waals surface area (Å²) in [6, 6.07) is 15.3. The molecule has 2 aromatic carbocycles. The Hall–Kier alpha value is -1.86. The first-order valence-electron chi connectivity index (χ1n) is 7.27. The molecule has 124 valence electrons. The molecule has 2 rings (SSSR count). The molecule has 0 aliphatic rings. The van der Waals surface area contributed by atoms with Crippen LogP contribution in [0.2, 0.25) is 0 Å². The molecule has 0 spiro atoms. The van der Waals surface area contributed by atoms with E-state index >= 15 is 0 Å². The molecule has 0 aliphatic carbocycles. The largest absolute Gasteiger partial charge is 0.751 e. The third-order valence-corrected chi connectivity index (χ3v) is 5.31. The molecule has 0 bridgehead atoms. The van der Waals surface area contributed by atoms with E-state index in [1.807, 2.05) is 62.4 Å². The topological polar surface area (TPSA) is 46.2 Å². The number of rotatable bonds is 8. The smallest absolute Gasteiger partial charge is 0.480 e. The number of para-hydroxylation sites is 2. The molecule has 0 fully saturated rings. The second-order valence-corrected chi connectivity index (χ2v) is 7.26. The van der Waals surface area contributed by atoms with Crippen molar-refractivity contribution in [2.45, 2.75) is 13.8 Å². The van der Waals surface area contributed by atoms with Crippen molar-refractivity contribution < 1.29 is 22.4 Å². The molecule has 2 aromatic rings. The van der Waals surface area contributed by atoms with Crippen LogP contribution in [-0.4, -0.2) is 30.1 Å². The molecule has 0 unspecified atom stereocenters. The first-order chi connectivity index (χ1) is 11.1. The Labute approximate surface area is 138 Å². The summed E-state index contributed by atoms with van der Waals surface area (Å²) in [5.41, 5.74) is 2.00. The van der Waals surface area contributed by atoms with Crippen LogP contribution in [0.5, 0.6) is 11.5 Å². The number of hydrogen-bond acceptors (Lipinski definition) is 5. The lowest BCUT2D eigenvalue weighted by Gasteiger charge is -2.26. The summed E-state index contributed by atoms with van der Waals surface area (Å²) >= 11 is 0. The number of ether oxygens (including phenoxy) is 1. The zero-order chi connectivity index (χ0) is 16.7. The van der Waals surface area contributed by atoms with Gasteiger partial charge in [0.05, 0.1) is 0 Å². The van der Waals surface area contributed by atoms with E-state index in [4.69, 9.17) is 22.4 Å². The van der Waals surface area contributed by atoms with Crippen LogP contribution in [0.3, 0.4) is 0 Å². The Kier molecular flexibility index (Phi) is 6.17. The zero-order valence-electron chi connectivity index (χ0n) is 13.9. The average molecular weight is 334 g/mol. The van der Waals surface area contributed by atoms with E-state index in [0.717, 1.165) is 16.9 Å². The predicted molar refractivity (Wildman–Crippen MR) is 89.3 cm³/mol. The van der Waals surface area contributed by atoms with Gasteiger partial charge in [-0.1, -0.05) is 36.4 Å². The quantitative estimate of drug-likeness (QED) is 0.546. The van der Waals surface area contributed by atoms with Gasteiger partial charge in [0.2, 0.25) is 0 Å². The van der Waals surface area contributed by atoms with Crippen LogP contribution in [0, 0.1) is 13.8 Å². The Balaban J connectivity index is 2.03. The fourth-order valence-electron chi connectivity index (χ4n) is 2.00. The monoisotopic (exact) mass is 334 g/mol. The van der Waals surface area contributed by atoms with Crippen molar-refractivity contribution in [3.63, 3.8) is 0 Å². The van der Waals surface area contributed by atoms with E-state index in [1.165, 1.54) is 14.2 Å². The Bertz CT molecular complexity index is 628. The van der Waals surface area contributed by atoms with Crippen LogP contribution in [0.4, 0.5) is 0 Å². The molecule has 0 saturated heterocycles. The van der Waals surface area contributed by atoms with E-state index in [0.29, 0.717) is 5.75 Å². The second kappa shape index (κ2) is 8.12. The van der Waals surface area contributed by atoms with Gasteiger partial charge in [0.1, 0.15) is 11.5 Å². The second-order valence-electron chi connectivity index (χ2n) is 4.95. The molecule has 0 N–H and O–H groups in total. The Morgan fingerprint density at radius 2 is 1.30 bits per heavy atom. The van der Waals surface area contributed by atoms with Crippen LogP contribution in [0.15, 0.2) is 48.5 Å². The van der Waals surface area contributed by atoms with Gasteiger partial charge in [-0.15, -0.1) is 0 Å². The molecular weight excluding hydrogens is 312 g/mol. The predicted octanol–water partition coefficient (Wildman–Crippen LogP) is 3.46. The molecular formula is C17H22O5Si. The first-order valence-corrected chi connectivity index (χ1v) is 8.91. The lowest BCUT2D eigenvalue weighted by molar-refractivity contribution is -0.0169.